The first-order chi connectivity index (χ1) is 7.34. The molecule has 1 aliphatic rings. The molecule has 90 valence electrons. The van der Waals surface area contributed by atoms with E-state index in [-0.39, 0.29) is 0 Å². The molecule has 0 aromatic carbocycles. The Balaban J connectivity index is 2.44. The van der Waals surface area contributed by atoms with E-state index < -0.39 is 20.7 Å². The topological polar surface area (TPSA) is 54.4 Å². The minimum atomic E-state index is -3.24. The maximum atomic E-state index is 11.6. The van der Waals surface area contributed by atoms with Gasteiger partial charge >= 0.3 is 0 Å². The van der Waals surface area contributed by atoms with Crippen LogP contribution in [0, 0.1) is 0 Å². The van der Waals surface area contributed by atoms with Crippen LogP contribution in [0.4, 0.5) is 0 Å². The molecule has 0 amide bonds. The Morgan fingerprint density at radius 2 is 2.25 bits per heavy atom. The van der Waals surface area contributed by atoms with Crippen LogP contribution >= 0.6 is 22.9 Å². The van der Waals surface area contributed by atoms with Gasteiger partial charge in [-0.2, -0.15) is 0 Å². The first kappa shape index (κ1) is 12.4. The van der Waals surface area contributed by atoms with Gasteiger partial charge in [0.1, 0.15) is 5.60 Å². The van der Waals surface area contributed by atoms with E-state index in [1.54, 1.807) is 12.1 Å². The number of halogens is 1. The van der Waals surface area contributed by atoms with Crippen LogP contribution in [0.2, 0.25) is 4.34 Å². The average molecular weight is 281 g/mol. The van der Waals surface area contributed by atoms with E-state index in [1.807, 2.05) is 0 Å². The normalized spacial score (nSPS) is 30.8. The van der Waals surface area contributed by atoms with Crippen molar-refractivity contribution in [2.24, 2.45) is 0 Å². The van der Waals surface area contributed by atoms with Crippen LogP contribution in [-0.4, -0.2) is 25.0 Å². The second-order valence-electron chi connectivity index (χ2n) is 4.24. The molecule has 2 unspecified atom stereocenters. The number of hydrogen-bond donors (Lipinski definition) is 1. The summed E-state index contributed by atoms with van der Waals surface area (Å²) >= 11 is 7.08. The summed E-state index contributed by atoms with van der Waals surface area (Å²) in [5.41, 5.74) is -1.24. The van der Waals surface area contributed by atoms with Gasteiger partial charge < -0.3 is 5.11 Å². The van der Waals surface area contributed by atoms with Crippen LogP contribution in [0.1, 0.15) is 24.1 Å². The number of hydrogen-bond acceptors (Lipinski definition) is 4. The summed E-state index contributed by atoms with van der Waals surface area (Å²) in [4.78, 5) is 0.658. The van der Waals surface area contributed by atoms with Crippen molar-refractivity contribution < 1.29 is 13.5 Å². The molecule has 0 radical (unpaired) electrons. The van der Waals surface area contributed by atoms with E-state index in [0.29, 0.717) is 22.1 Å². The van der Waals surface area contributed by atoms with E-state index in [1.165, 1.54) is 17.6 Å². The van der Waals surface area contributed by atoms with Gasteiger partial charge in [0.05, 0.1) is 9.59 Å². The lowest BCUT2D eigenvalue weighted by Gasteiger charge is -2.27. The zero-order valence-corrected chi connectivity index (χ0v) is 11.2. The number of sulfone groups is 1. The molecule has 0 saturated heterocycles. The Hall–Kier alpha value is -0.100. The van der Waals surface area contributed by atoms with Crippen LogP contribution in [0.25, 0.3) is 0 Å². The summed E-state index contributed by atoms with van der Waals surface area (Å²) < 4.78 is 23.9. The third kappa shape index (κ3) is 2.01. The van der Waals surface area contributed by atoms with Crippen molar-refractivity contribution in [3.05, 3.63) is 21.3 Å². The first-order valence-corrected chi connectivity index (χ1v) is 8.16. The van der Waals surface area contributed by atoms with Crippen molar-refractivity contribution >= 4 is 32.8 Å². The van der Waals surface area contributed by atoms with Crippen molar-refractivity contribution in [3.63, 3.8) is 0 Å². The van der Waals surface area contributed by atoms with E-state index >= 15 is 0 Å². The third-order valence-corrected chi connectivity index (χ3v) is 6.13. The summed E-state index contributed by atoms with van der Waals surface area (Å²) in [5.74, 6) is 0. The lowest BCUT2D eigenvalue weighted by atomic mass is 10.0. The van der Waals surface area contributed by atoms with Crippen molar-refractivity contribution in [1.82, 2.24) is 0 Å². The Morgan fingerprint density at radius 1 is 1.56 bits per heavy atom. The third-order valence-electron chi connectivity index (χ3n) is 3.07. The molecule has 16 heavy (non-hydrogen) atoms. The van der Waals surface area contributed by atoms with Crippen LogP contribution in [0.5, 0.6) is 0 Å². The molecule has 0 aliphatic heterocycles. The molecule has 1 N–H and O–H groups in total. The van der Waals surface area contributed by atoms with E-state index in [4.69, 9.17) is 11.6 Å². The summed E-state index contributed by atoms with van der Waals surface area (Å²) in [6.07, 6.45) is 2.92. The van der Waals surface area contributed by atoms with Crippen LogP contribution in [-0.2, 0) is 15.4 Å². The van der Waals surface area contributed by atoms with E-state index in [0.717, 1.165) is 6.42 Å². The van der Waals surface area contributed by atoms with Crippen molar-refractivity contribution in [2.45, 2.75) is 30.1 Å². The standard InChI is InChI=1S/C10H13ClO3S2/c1-16(13,14)8-3-2-6-10(8,12)7-4-5-9(11)15-7/h4-5,8,12H,2-3,6H2,1H3. The number of aliphatic hydroxyl groups is 1. The molecule has 6 heteroatoms. The highest BCUT2D eigenvalue weighted by molar-refractivity contribution is 7.91. The molecule has 3 nitrogen and oxygen atoms in total. The zero-order chi connectivity index (χ0) is 12.0. The van der Waals surface area contributed by atoms with Gasteiger partial charge in [-0.1, -0.05) is 11.6 Å². The maximum absolute atomic E-state index is 11.6. The molecule has 0 spiro atoms. The monoisotopic (exact) mass is 280 g/mol. The highest BCUT2D eigenvalue weighted by Crippen LogP contribution is 2.45. The molecule has 2 atom stereocenters. The van der Waals surface area contributed by atoms with E-state index in [9.17, 15) is 13.5 Å². The second-order valence-corrected chi connectivity index (χ2v) is 8.18. The van der Waals surface area contributed by atoms with Gasteiger partial charge in [-0.25, -0.2) is 8.42 Å². The van der Waals surface area contributed by atoms with Gasteiger partial charge in [0.25, 0.3) is 0 Å². The molecule has 1 aromatic rings. The van der Waals surface area contributed by atoms with Crippen molar-refractivity contribution in [1.29, 1.82) is 0 Å². The van der Waals surface area contributed by atoms with Gasteiger partial charge in [-0.05, 0) is 31.4 Å². The summed E-state index contributed by atoms with van der Waals surface area (Å²) in [5, 5.41) is 9.84. The molecular formula is C10H13ClO3S2. The predicted molar refractivity (Wildman–Crippen MR) is 65.7 cm³/mol. The maximum Gasteiger partial charge on any atom is 0.153 e. The van der Waals surface area contributed by atoms with Gasteiger partial charge in [0.2, 0.25) is 0 Å². The highest BCUT2D eigenvalue weighted by atomic mass is 35.5. The number of rotatable bonds is 2. The lowest BCUT2D eigenvalue weighted by molar-refractivity contribution is 0.0515. The highest BCUT2D eigenvalue weighted by Gasteiger charge is 2.48. The average Bonchev–Trinajstić information content (AvgIpc) is 2.71. The molecule has 1 saturated carbocycles. The Bertz CT molecular complexity index is 494. The Morgan fingerprint density at radius 3 is 2.75 bits per heavy atom. The first-order valence-electron chi connectivity index (χ1n) is 5.01. The van der Waals surface area contributed by atoms with Crippen molar-refractivity contribution in [3.8, 4) is 0 Å². The molecule has 2 rings (SSSR count). The zero-order valence-electron chi connectivity index (χ0n) is 8.81. The molecule has 1 fully saturated rings. The summed E-state index contributed by atoms with van der Waals surface area (Å²) in [6, 6.07) is 3.41. The van der Waals surface area contributed by atoms with Crippen LogP contribution < -0.4 is 0 Å². The fourth-order valence-corrected chi connectivity index (χ4v) is 5.19. The quantitative estimate of drug-likeness (QED) is 0.903. The Kier molecular flexibility index (Phi) is 3.07. The van der Waals surface area contributed by atoms with E-state index in [2.05, 4.69) is 0 Å². The van der Waals surface area contributed by atoms with Gasteiger partial charge in [0.15, 0.2) is 9.84 Å². The summed E-state index contributed by atoms with van der Waals surface area (Å²) in [7, 11) is -3.24. The predicted octanol–water partition coefficient (Wildman–Crippen LogP) is 2.19. The van der Waals surface area contributed by atoms with Gasteiger partial charge in [-0.15, -0.1) is 11.3 Å². The SMILES string of the molecule is CS(=O)(=O)C1CCCC1(O)c1ccc(Cl)s1. The minimum Gasteiger partial charge on any atom is -0.383 e. The number of thiophene rings is 1. The molecule has 1 aromatic heterocycles. The fraction of sp³-hybridized carbons (Fsp3) is 0.600. The minimum absolute atomic E-state index is 0.488. The second kappa shape index (κ2) is 3.98. The molecule has 0 bridgehead atoms. The fourth-order valence-electron chi connectivity index (χ4n) is 2.35. The molecule has 1 aliphatic carbocycles. The Labute approximate surface area is 104 Å². The van der Waals surface area contributed by atoms with Crippen LogP contribution in [0.3, 0.4) is 0 Å². The largest absolute Gasteiger partial charge is 0.383 e. The van der Waals surface area contributed by atoms with Crippen LogP contribution in [0.15, 0.2) is 12.1 Å². The van der Waals surface area contributed by atoms with Gasteiger partial charge in [0, 0.05) is 11.1 Å². The summed E-state index contributed by atoms with van der Waals surface area (Å²) in [6.45, 7) is 0. The van der Waals surface area contributed by atoms with Crippen molar-refractivity contribution in [2.75, 3.05) is 6.26 Å². The molecular weight excluding hydrogens is 268 g/mol. The molecule has 1 heterocycles. The lowest BCUT2D eigenvalue weighted by Crippen LogP contribution is -2.38. The smallest absolute Gasteiger partial charge is 0.153 e. The van der Waals surface area contributed by atoms with Gasteiger partial charge in [-0.3, -0.25) is 0 Å².